The molecule has 1 saturated heterocycles. The zero-order valence-corrected chi connectivity index (χ0v) is 14.8. The molecule has 0 bridgehead atoms. The third-order valence-corrected chi connectivity index (χ3v) is 6.40. The zero-order chi connectivity index (χ0) is 17.9. The van der Waals surface area contributed by atoms with E-state index in [1.165, 1.54) is 0 Å². The predicted octanol–water partition coefficient (Wildman–Crippen LogP) is 0.0417. The molecule has 3 amide bonds. The molecule has 2 rings (SSSR count). The summed E-state index contributed by atoms with van der Waals surface area (Å²) in [6.07, 6.45) is 2.15. The van der Waals surface area contributed by atoms with Crippen LogP contribution in [-0.4, -0.2) is 51.9 Å². The van der Waals surface area contributed by atoms with Gasteiger partial charge >= 0.3 is 6.03 Å². The van der Waals surface area contributed by atoms with Crippen molar-refractivity contribution in [3.63, 3.8) is 0 Å². The van der Waals surface area contributed by atoms with Crippen LogP contribution in [-0.2, 0) is 21.2 Å². The van der Waals surface area contributed by atoms with E-state index in [0.717, 1.165) is 11.8 Å². The van der Waals surface area contributed by atoms with E-state index in [1.807, 2.05) is 5.32 Å². The highest BCUT2D eigenvalue weighted by atomic mass is 32.2. The fraction of sp³-hybridized carbons (Fsp3) is 0.538. The monoisotopic (exact) mass is 373 g/mol. The number of rotatable bonds is 6. The van der Waals surface area contributed by atoms with E-state index in [1.54, 1.807) is 17.6 Å². The van der Waals surface area contributed by atoms with E-state index in [0.29, 0.717) is 23.9 Å². The molecule has 1 fully saturated rings. The maximum Gasteiger partial charge on any atom is 0.318 e. The molecule has 1 aromatic rings. The van der Waals surface area contributed by atoms with Crippen LogP contribution in [0.25, 0.3) is 0 Å². The summed E-state index contributed by atoms with van der Waals surface area (Å²) in [4.78, 5) is 22.5. The third-order valence-electron chi connectivity index (χ3n) is 3.55. The smallest absolute Gasteiger partial charge is 0.318 e. The third kappa shape index (κ3) is 4.35. The average Bonchev–Trinajstić information content (AvgIpc) is 3.02. The number of amides is 3. The number of imide groups is 1. The molecular formula is C13H19N5O4S2. The van der Waals surface area contributed by atoms with Crippen LogP contribution in [0.15, 0.2) is 17.8 Å². The van der Waals surface area contributed by atoms with Gasteiger partial charge in [-0.1, -0.05) is 17.8 Å². The molecule has 0 spiro atoms. The first-order chi connectivity index (χ1) is 11.2. The van der Waals surface area contributed by atoms with E-state index in [9.17, 15) is 18.0 Å². The molecule has 9 nitrogen and oxygen atoms in total. The molecule has 1 aliphatic rings. The highest BCUT2D eigenvalue weighted by Crippen LogP contribution is 2.31. The molecule has 11 heteroatoms. The maximum atomic E-state index is 11.8. The lowest BCUT2D eigenvalue weighted by molar-refractivity contribution is -0.119. The Labute approximate surface area is 144 Å². The Morgan fingerprint density at radius 1 is 1.54 bits per heavy atom. The number of thioether (sulfide) groups is 1. The van der Waals surface area contributed by atoms with Crippen LogP contribution in [0.4, 0.5) is 4.79 Å². The number of urea groups is 1. The number of nitrogens with one attached hydrogen (secondary N) is 1. The van der Waals surface area contributed by atoms with Crippen LogP contribution in [0, 0.1) is 0 Å². The summed E-state index contributed by atoms with van der Waals surface area (Å²) in [5.74, 6) is 0.00146. The first kappa shape index (κ1) is 18.5. The second kappa shape index (κ2) is 7.34. The molecule has 1 aromatic heterocycles. The van der Waals surface area contributed by atoms with Gasteiger partial charge in [0, 0.05) is 12.5 Å². The van der Waals surface area contributed by atoms with Crippen molar-refractivity contribution in [1.29, 1.82) is 0 Å². The minimum atomic E-state index is -3.05. The summed E-state index contributed by atoms with van der Waals surface area (Å²) >= 11 is 1.11. The Bertz CT molecular complexity index is 758. The molecule has 2 atom stereocenters. The van der Waals surface area contributed by atoms with Gasteiger partial charge in [0.05, 0.1) is 16.8 Å². The SMILES string of the molecule is C=CCn1c(S[C@@H](C)C(=O)NC(N)=O)nnc1[C@H]1CCS(=O)(=O)C1. The molecule has 1 aliphatic heterocycles. The van der Waals surface area contributed by atoms with Gasteiger partial charge in [0.2, 0.25) is 5.91 Å². The molecule has 3 N–H and O–H groups in total. The summed E-state index contributed by atoms with van der Waals surface area (Å²) in [7, 11) is -3.05. The number of primary amides is 1. The van der Waals surface area contributed by atoms with Gasteiger partial charge in [0.1, 0.15) is 5.82 Å². The second-order valence-corrected chi connectivity index (χ2v) is 8.99. The highest BCUT2D eigenvalue weighted by molar-refractivity contribution is 8.00. The number of aromatic nitrogens is 3. The Hall–Kier alpha value is -1.88. The Morgan fingerprint density at radius 2 is 2.25 bits per heavy atom. The highest BCUT2D eigenvalue weighted by Gasteiger charge is 2.33. The van der Waals surface area contributed by atoms with Gasteiger partial charge in [0.25, 0.3) is 0 Å². The number of allylic oxidation sites excluding steroid dienone is 1. The number of nitrogens with two attached hydrogens (primary N) is 1. The molecule has 0 aromatic carbocycles. The lowest BCUT2D eigenvalue weighted by Crippen LogP contribution is -2.39. The molecule has 0 unspecified atom stereocenters. The van der Waals surface area contributed by atoms with Gasteiger partial charge in [-0.2, -0.15) is 0 Å². The standard InChI is InChI=1S/C13H19N5O4S2/c1-3-5-18-10(9-4-6-24(21,22)7-9)16-17-13(18)23-8(2)11(19)15-12(14)20/h3,8-9H,1,4-7H2,2H3,(H3,14,15,19,20)/t8-,9-/m0/s1. The maximum absolute atomic E-state index is 11.8. The number of carbonyl (C=O) groups is 2. The number of hydrogen-bond donors (Lipinski definition) is 2. The lowest BCUT2D eigenvalue weighted by Gasteiger charge is -2.13. The van der Waals surface area contributed by atoms with E-state index < -0.39 is 27.0 Å². The van der Waals surface area contributed by atoms with Crippen molar-refractivity contribution in [2.45, 2.75) is 36.2 Å². The summed E-state index contributed by atoms with van der Waals surface area (Å²) in [6, 6.07) is -0.920. The van der Waals surface area contributed by atoms with E-state index in [2.05, 4.69) is 16.8 Å². The van der Waals surface area contributed by atoms with E-state index >= 15 is 0 Å². The average molecular weight is 373 g/mol. The Morgan fingerprint density at radius 3 is 2.79 bits per heavy atom. The quantitative estimate of drug-likeness (QED) is 0.530. The number of nitrogens with zero attached hydrogens (tertiary/aromatic N) is 3. The van der Waals surface area contributed by atoms with Crippen LogP contribution in [0.2, 0.25) is 0 Å². The van der Waals surface area contributed by atoms with Crippen molar-refractivity contribution < 1.29 is 18.0 Å². The van der Waals surface area contributed by atoms with Crippen molar-refractivity contribution in [3.05, 3.63) is 18.5 Å². The minimum Gasteiger partial charge on any atom is -0.351 e. The summed E-state index contributed by atoms with van der Waals surface area (Å²) in [6.45, 7) is 5.68. The van der Waals surface area contributed by atoms with Crippen molar-refractivity contribution in [2.24, 2.45) is 5.73 Å². The van der Waals surface area contributed by atoms with Crippen LogP contribution in [0.3, 0.4) is 0 Å². The van der Waals surface area contributed by atoms with E-state index in [4.69, 9.17) is 5.73 Å². The van der Waals surface area contributed by atoms with Gasteiger partial charge in [-0.05, 0) is 13.3 Å². The van der Waals surface area contributed by atoms with E-state index in [-0.39, 0.29) is 17.4 Å². The summed E-state index contributed by atoms with van der Waals surface area (Å²) in [5, 5.41) is 10.0. The molecule has 0 saturated carbocycles. The molecular weight excluding hydrogens is 354 g/mol. The topological polar surface area (TPSA) is 137 Å². The zero-order valence-electron chi connectivity index (χ0n) is 13.1. The molecule has 0 radical (unpaired) electrons. The second-order valence-electron chi connectivity index (χ2n) is 5.45. The van der Waals surface area contributed by atoms with Crippen LogP contribution >= 0.6 is 11.8 Å². The van der Waals surface area contributed by atoms with Crippen LogP contribution in [0.1, 0.15) is 25.1 Å². The van der Waals surface area contributed by atoms with Gasteiger partial charge in [0.15, 0.2) is 15.0 Å². The normalized spacial score (nSPS) is 20.5. The van der Waals surface area contributed by atoms with Gasteiger partial charge in [-0.25, -0.2) is 13.2 Å². The van der Waals surface area contributed by atoms with Crippen LogP contribution < -0.4 is 11.1 Å². The number of carbonyl (C=O) groups excluding carboxylic acids is 2. The fourth-order valence-corrected chi connectivity index (χ4v) is 5.03. The van der Waals surface area contributed by atoms with Crippen molar-refractivity contribution in [1.82, 2.24) is 20.1 Å². The van der Waals surface area contributed by atoms with Crippen molar-refractivity contribution >= 4 is 33.5 Å². The molecule has 0 aliphatic carbocycles. The number of hydrogen-bond acceptors (Lipinski definition) is 7. The first-order valence-electron chi connectivity index (χ1n) is 7.25. The summed E-state index contributed by atoms with van der Waals surface area (Å²) < 4.78 is 25.1. The molecule has 2 heterocycles. The predicted molar refractivity (Wildman–Crippen MR) is 89.3 cm³/mol. The van der Waals surface area contributed by atoms with Gasteiger partial charge < -0.3 is 10.3 Å². The molecule has 132 valence electrons. The summed E-state index contributed by atoms with van der Waals surface area (Å²) in [5.41, 5.74) is 4.93. The van der Waals surface area contributed by atoms with Crippen molar-refractivity contribution in [3.8, 4) is 0 Å². The van der Waals surface area contributed by atoms with Gasteiger partial charge in [-0.15, -0.1) is 16.8 Å². The van der Waals surface area contributed by atoms with Crippen LogP contribution in [0.5, 0.6) is 0 Å². The fourth-order valence-electron chi connectivity index (χ4n) is 2.42. The minimum absolute atomic E-state index is 0.0463. The Balaban J connectivity index is 2.20. The Kier molecular flexibility index (Phi) is 5.65. The van der Waals surface area contributed by atoms with Gasteiger partial charge in [-0.3, -0.25) is 10.1 Å². The number of sulfone groups is 1. The van der Waals surface area contributed by atoms with Crippen molar-refractivity contribution in [2.75, 3.05) is 11.5 Å². The molecule has 24 heavy (non-hydrogen) atoms. The lowest BCUT2D eigenvalue weighted by atomic mass is 10.1. The first-order valence-corrected chi connectivity index (χ1v) is 9.95. The largest absolute Gasteiger partial charge is 0.351 e.